The molecule has 1 aliphatic rings. The predicted molar refractivity (Wildman–Crippen MR) is 71.3 cm³/mol. The first-order chi connectivity index (χ1) is 8.16. The van der Waals surface area contributed by atoms with Crippen LogP contribution in [0.15, 0.2) is 12.1 Å². The molecule has 3 nitrogen and oxygen atoms in total. The SMILES string of the molecule is Cc1ccc(C(C)NCC(=O)N2CCCC2)s1. The maximum atomic E-state index is 11.9. The number of carbonyl (C=O) groups is 1. The number of amides is 1. The van der Waals surface area contributed by atoms with Gasteiger partial charge in [0, 0.05) is 28.9 Å². The van der Waals surface area contributed by atoms with E-state index in [0.717, 1.165) is 25.9 Å². The first-order valence-electron chi connectivity index (χ1n) is 6.24. The second kappa shape index (κ2) is 5.65. The first kappa shape index (κ1) is 12.6. The number of carbonyl (C=O) groups excluding carboxylic acids is 1. The third-order valence-corrected chi connectivity index (χ3v) is 4.39. The van der Waals surface area contributed by atoms with Crippen LogP contribution in [0.25, 0.3) is 0 Å². The van der Waals surface area contributed by atoms with Crippen LogP contribution in [0, 0.1) is 6.92 Å². The van der Waals surface area contributed by atoms with Crippen molar-refractivity contribution in [1.29, 1.82) is 0 Å². The van der Waals surface area contributed by atoms with Gasteiger partial charge in [-0.2, -0.15) is 0 Å². The summed E-state index contributed by atoms with van der Waals surface area (Å²) in [4.78, 5) is 16.4. The molecule has 0 saturated carbocycles. The maximum Gasteiger partial charge on any atom is 0.236 e. The Balaban J connectivity index is 1.79. The minimum Gasteiger partial charge on any atom is -0.342 e. The second-order valence-corrected chi connectivity index (χ2v) is 5.96. The van der Waals surface area contributed by atoms with Crippen molar-refractivity contribution < 1.29 is 4.79 Å². The van der Waals surface area contributed by atoms with E-state index in [1.165, 1.54) is 9.75 Å². The van der Waals surface area contributed by atoms with Crippen molar-refractivity contribution in [3.8, 4) is 0 Å². The van der Waals surface area contributed by atoms with Crippen LogP contribution >= 0.6 is 11.3 Å². The van der Waals surface area contributed by atoms with E-state index >= 15 is 0 Å². The Morgan fingerprint density at radius 1 is 1.47 bits per heavy atom. The van der Waals surface area contributed by atoms with E-state index in [2.05, 4.69) is 31.3 Å². The van der Waals surface area contributed by atoms with Crippen molar-refractivity contribution in [2.24, 2.45) is 0 Å². The van der Waals surface area contributed by atoms with Crippen LogP contribution in [0.1, 0.15) is 35.6 Å². The molecule has 1 atom stereocenters. The molecule has 1 aromatic rings. The molecule has 0 bridgehead atoms. The molecule has 1 aromatic heterocycles. The summed E-state index contributed by atoms with van der Waals surface area (Å²) in [6, 6.07) is 4.53. The molecule has 4 heteroatoms. The zero-order valence-electron chi connectivity index (χ0n) is 10.5. The van der Waals surface area contributed by atoms with Gasteiger partial charge in [-0.1, -0.05) is 0 Å². The molecule has 0 spiro atoms. The molecule has 94 valence electrons. The van der Waals surface area contributed by atoms with Gasteiger partial charge in [-0.15, -0.1) is 11.3 Å². The van der Waals surface area contributed by atoms with Gasteiger partial charge in [0.1, 0.15) is 0 Å². The van der Waals surface area contributed by atoms with Gasteiger partial charge in [0.05, 0.1) is 6.54 Å². The molecular weight excluding hydrogens is 232 g/mol. The number of likely N-dealkylation sites (tertiary alicyclic amines) is 1. The molecule has 2 rings (SSSR count). The molecule has 1 N–H and O–H groups in total. The van der Waals surface area contributed by atoms with E-state index in [1.807, 2.05) is 4.90 Å². The fraction of sp³-hybridized carbons (Fsp3) is 0.615. The highest BCUT2D eigenvalue weighted by Gasteiger charge is 2.18. The van der Waals surface area contributed by atoms with Crippen LogP contribution in [-0.2, 0) is 4.79 Å². The summed E-state index contributed by atoms with van der Waals surface area (Å²) in [6.07, 6.45) is 2.32. The summed E-state index contributed by atoms with van der Waals surface area (Å²) in [5.74, 6) is 0.239. The van der Waals surface area contributed by atoms with Crippen molar-refractivity contribution in [3.63, 3.8) is 0 Å². The van der Waals surface area contributed by atoms with E-state index in [1.54, 1.807) is 11.3 Å². The minimum atomic E-state index is 0.239. The van der Waals surface area contributed by atoms with Crippen LogP contribution < -0.4 is 5.32 Å². The molecule has 2 heterocycles. The Bertz CT molecular complexity index is 383. The summed E-state index contributed by atoms with van der Waals surface area (Å²) < 4.78 is 0. The lowest BCUT2D eigenvalue weighted by atomic mass is 10.2. The van der Waals surface area contributed by atoms with Crippen LogP contribution in [0.5, 0.6) is 0 Å². The lowest BCUT2D eigenvalue weighted by Crippen LogP contribution is -2.36. The van der Waals surface area contributed by atoms with Gasteiger partial charge in [0.15, 0.2) is 0 Å². The van der Waals surface area contributed by atoms with Crippen LogP contribution in [0.3, 0.4) is 0 Å². The highest BCUT2D eigenvalue weighted by molar-refractivity contribution is 7.12. The number of hydrogen-bond acceptors (Lipinski definition) is 3. The smallest absolute Gasteiger partial charge is 0.236 e. The standard InChI is InChI=1S/C13H20N2OS/c1-10-5-6-12(17-10)11(2)14-9-13(16)15-7-3-4-8-15/h5-6,11,14H,3-4,7-9H2,1-2H3. The van der Waals surface area contributed by atoms with E-state index in [0.29, 0.717) is 6.54 Å². The third kappa shape index (κ3) is 3.30. The van der Waals surface area contributed by atoms with Gasteiger partial charge >= 0.3 is 0 Å². The number of aryl methyl sites for hydroxylation is 1. The quantitative estimate of drug-likeness (QED) is 0.892. The Morgan fingerprint density at radius 2 is 2.18 bits per heavy atom. The van der Waals surface area contributed by atoms with Crippen LogP contribution in [-0.4, -0.2) is 30.4 Å². The minimum absolute atomic E-state index is 0.239. The van der Waals surface area contributed by atoms with Crippen molar-refractivity contribution >= 4 is 17.2 Å². The van der Waals surface area contributed by atoms with Gasteiger partial charge in [0.2, 0.25) is 5.91 Å². The molecule has 1 saturated heterocycles. The largest absolute Gasteiger partial charge is 0.342 e. The molecule has 1 fully saturated rings. The van der Waals surface area contributed by atoms with Crippen LogP contribution in [0.2, 0.25) is 0 Å². The highest BCUT2D eigenvalue weighted by Crippen LogP contribution is 2.22. The van der Waals surface area contributed by atoms with E-state index in [4.69, 9.17) is 0 Å². The zero-order chi connectivity index (χ0) is 12.3. The number of rotatable bonds is 4. The Morgan fingerprint density at radius 3 is 2.76 bits per heavy atom. The Kier molecular flexibility index (Phi) is 4.18. The second-order valence-electron chi connectivity index (χ2n) is 4.64. The highest BCUT2D eigenvalue weighted by atomic mass is 32.1. The Labute approximate surface area is 107 Å². The summed E-state index contributed by atoms with van der Waals surface area (Å²) in [5.41, 5.74) is 0. The molecule has 0 aliphatic carbocycles. The number of nitrogens with one attached hydrogen (secondary N) is 1. The maximum absolute atomic E-state index is 11.9. The van der Waals surface area contributed by atoms with E-state index in [9.17, 15) is 4.79 Å². The van der Waals surface area contributed by atoms with Crippen LogP contribution in [0.4, 0.5) is 0 Å². The lowest BCUT2D eigenvalue weighted by molar-refractivity contribution is -0.129. The third-order valence-electron chi connectivity index (χ3n) is 3.21. The topological polar surface area (TPSA) is 32.3 Å². The number of hydrogen-bond donors (Lipinski definition) is 1. The average molecular weight is 252 g/mol. The monoisotopic (exact) mass is 252 g/mol. The lowest BCUT2D eigenvalue weighted by Gasteiger charge is -2.17. The Hall–Kier alpha value is -0.870. The average Bonchev–Trinajstić information content (AvgIpc) is 2.95. The summed E-state index contributed by atoms with van der Waals surface area (Å²) in [6.45, 7) is 6.55. The fourth-order valence-corrected chi connectivity index (χ4v) is 3.01. The van der Waals surface area contributed by atoms with Gasteiger partial charge in [-0.3, -0.25) is 4.79 Å². The summed E-state index contributed by atoms with van der Waals surface area (Å²) in [7, 11) is 0. The summed E-state index contributed by atoms with van der Waals surface area (Å²) >= 11 is 1.79. The van der Waals surface area contributed by atoms with Gasteiger partial charge in [0.25, 0.3) is 0 Å². The van der Waals surface area contributed by atoms with Crippen molar-refractivity contribution in [1.82, 2.24) is 10.2 Å². The van der Waals surface area contributed by atoms with Crippen molar-refractivity contribution in [2.75, 3.05) is 19.6 Å². The van der Waals surface area contributed by atoms with Gasteiger partial charge in [-0.05, 0) is 38.8 Å². The molecule has 0 radical (unpaired) electrons. The molecule has 1 unspecified atom stereocenters. The molecule has 0 aromatic carbocycles. The van der Waals surface area contributed by atoms with Crippen molar-refractivity contribution in [2.45, 2.75) is 32.7 Å². The normalized spacial score (nSPS) is 17.4. The summed E-state index contributed by atoms with van der Waals surface area (Å²) in [5, 5.41) is 3.31. The fourth-order valence-electron chi connectivity index (χ4n) is 2.11. The number of nitrogens with zero attached hydrogens (tertiary/aromatic N) is 1. The van der Waals surface area contributed by atoms with Crippen molar-refractivity contribution in [3.05, 3.63) is 21.9 Å². The number of thiophene rings is 1. The van der Waals surface area contributed by atoms with E-state index < -0.39 is 0 Å². The molecule has 1 amide bonds. The van der Waals surface area contributed by atoms with Gasteiger partial charge < -0.3 is 10.2 Å². The van der Waals surface area contributed by atoms with E-state index in [-0.39, 0.29) is 11.9 Å². The van der Waals surface area contributed by atoms with Gasteiger partial charge in [-0.25, -0.2) is 0 Å². The zero-order valence-corrected chi connectivity index (χ0v) is 11.3. The first-order valence-corrected chi connectivity index (χ1v) is 7.06. The molecular formula is C13H20N2OS. The molecule has 17 heavy (non-hydrogen) atoms. The predicted octanol–water partition coefficient (Wildman–Crippen LogP) is 2.33. The molecule has 1 aliphatic heterocycles.